The molecule has 0 spiro atoms. The Hall–Kier alpha value is -0.870. The summed E-state index contributed by atoms with van der Waals surface area (Å²) < 4.78 is 0. The molecule has 0 saturated carbocycles. The summed E-state index contributed by atoms with van der Waals surface area (Å²) in [7, 11) is 0. The van der Waals surface area contributed by atoms with Gasteiger partial charge >= 0.3 is 0 Å². The SMILES string of the molecule is Cc1ccsc1CCNc1nc(C)c(C)s1. The van der Waals surface area contributed by atoms with Gasteiger partial charge in [-0.15, -0.1) is 22.7 Å². The van der Waals surface area contributed by atoms with Crippen LogP contribution in [-0.4, -0.2) is 11.5 Å². The van der Waals surface area contributed by atoms with E-state index in [9.17, 15) is 0 Å². The predicted octanol–water partition coefficient (Wildman–Crippen LogP) is 3.78. The van der Waals surface area contributed by atoms with Gasteiger partial charge < -0.3 is 5.32 Å². The first-order chi connectivity index (χ1) is 7.66. The second-order valence-corrected chi connectivity index (χ2v) is 6.07. The molecule has 0 aliphatic rings. The Morgan fingerprint density at radius 3 is 2.69 bits per heavy atom. The van der Waals surface area contributed by atoms with Crippen LogP contribution in [0.25, 0.3) is 0 Å². The van der Waals surface area contributed by atoms with Crippen molar-refractivity contribution in [1.29, 1.82) is 0 Å². The van der Waals surface area contributed by atoms with E-state index in [1.807, 2.05) is 11.3 Å². The maximum Gasteiger partial charge on any atom is 0.183 e. The number of anilines is 1. The number of aryl methyl sites for hydroxylation is 3. The summed E-state index contributed by atoms with van der Waals surface area (Å²) in [5.74, 6) is 0. The average molecular weight is 252 g/mol. The predicted molar refractivity (Wildman–Crippen MR) is 72.8 cm³/mol. The molecule has 1 N–H and O–H groups in total. The van der Waals surface area contributed by atoms with Crippen molar-refractivity contribution in [3.05, 3.63) is 32.5 Å². The summed E-state index contributed by atoms with van der Waals surface area (Å²) >= 11 is 3.57. The topological polar surface area (TPSA) is 24.9 Å². The molecule has 2 nitrogen and oxygen atoms in total. The van der Waals surface area contributed by atoms with Crippen molar-refractivity contribution in [2.45, 2.75) is 27.2 Å². The van der Waals surface area contributed by atoms with E-state index in [4.69, 9.17) is 0 Å². The quantitative estimate of drug-likeness (QED) is 0.895. The molecule has 2 heterocycles. The summed E-state index contributed by atoms with van der Waals surface area (Å²) in [4.78, 5) is 7.23. The molecular formula is C12H16N2S2. The number of thiazole rings is 1. The van der Waals surface area contributed by atoms with Gasteiger partial charge in [-0.05, 0) is 44.2 Å². The van der Waals surface area contributed by atoms with Gasteiger partial charge in [0.2, 0.25) is 0 Å². The Kier molecular flexibility index (Phi) is 3.61. The van der Waals surface area contributed by atoms with Gasteiger partial charge in [-0.1, -0.05) is 0 Å². The van der Waals surface area contributed by atoms with Crippen molar-refractivity contribution in [3.63, 3.8) is 0 Å². The first-order valence-electron chi connectivity index (χ1n) is 5.37. The Labute approximate surface area is 104 Å². The number of nitrogens with one attached hydrogen (secondary N) is 1. The number of aromatic nitrogens is 1. The Bertz CT molecular complexity index is 452. The second-order valence-electron chi connectivity index (χ2n) is 3.86. The smallest absolute Gasteiger partial charge is 0.183 e. The van der Waals surface area contributed by atoms with Crippen molar-refractivity contribution in [1.82, 2.24) is 4.98 Å². The van der Waals surface area contributed by atoms with Crippen LogP contribution in [0.3, 0.4) is 0 Å². The summed E-state index contributed by atoms with van der Waals surface area (Å²) in [5, 5.41) is 6.59. The molecule has 0 aliphatic carbocycles. The van der Waals surface area contributed by atoms with Crippen LogP contribution in [0.2, 0.25) is 0 Å². The van der Waals surface area contributed by atoms with E-state index >= 15 is 0 Å². The van der Waals surface area contributed by atoms with Crippen LogP contribution in [0.15, 0.2) is 11.4 Å². The zero-order valence-electron chi connectivity index (χ0n) is 9.83. The molecule has 4 heteroatoms. The van der Waals surface area contributed by atoms with Crippen molar-refractivity contribution in [2.24, 2.45) is 0 Å². The van der Waals surface area contributed by atoms with Gasteiger partial charge in [0.05, 0.1) is 5.69 Å². The summed E-state index contributed by atoms with van der Waals surface area (Å²) in [6.07, 6.45) is 1.08. The highest BCUT2D eigenvalue weighted by molar-refractivity contribution is 7.15. The normalized spacial score (nSPS) is 10.7. The molecule has 0 fully saturated rings. The zero-order chi connectivity index (χ0) is 11.5. The molecular weight excluding hydrogens is 236 g/mol. The molecule has 2 aromatic rings. The third kappa shape index (κ3) is 2.62. The lowest BCUT2D eigenvalue weighted by Gasteiger charge is -2.01. The first kappa shape index (κ1) is 11.6. The summed E-state index contributed by atoms with van der Waals surface area (Å²) in [6, 6.07) is 2.18. The molecule has 16 heavy (non-hydrogen) atoms. The van der Waals surface area contributed by atoms with Crippen LogP contribution in [0.4, 0.5) is 5.13 Å². The van der Waals surface area contributed by atoms with Crippen molar-refractivity contribution >= 4 is 27.8 Å². The van der Waals surface area contributed by atoms with Crippen molar-refractivity contribution < 1.29 is 0 Å². The molecule has 0 bridgehead atoms. The van der Waals surface area contributed by atoms with Gasteiger partial charge in [-0.2, -0.15) is 0 Å². The molecule has 86 valence electrons. The molecule has 2 aromatic heterocycles. The minimum absolute atomic E-state index is 0.966. The highest BCUT2D eigenvalue weighted by Gasteiger charge is 2.03. The van der Waals surface area contributed by atoms with E-state index in [2.05, 4.69) is 42.5 Å². The molecule has 0 atom stereocenters. The van der Waals surface area contributed by atoms with Gasteiger partial charge in [0.15, 0.2) is 5.13 Å². The minimum Gasteiger partial charge on any atom is -0.361 e. The Morgan fingerprint density at radius 1 is 1.31 bits per heavy atom. The molecule has 0 radical (unpaired) electrons. The largest absolute Gasteiger partial charge is 0.361 e. The standard InChI is InChI=1S/C12H16N2S2/c1-8-5-7-15-11(8)4-6-13-12-14-9(2)10(3)16-12/h5,7H,4,6H2,1-3H3,(H,13,14). The zero-order valence-corrected chi connectivity index (χ0v) is 11.5. The fourth-order valence-corrected chi connectivity index (χ4v) is 3.24. The fourth-order valence-electron chi connectivity index (χ4n) is 1.49. The number of hydrogen-bond acceptors (Lipinski definition) is 4. The van der Waals surface area contributed by atoms with E-state index < -0.39 is 0 Å². The summed E-state index contributed by atoms with van der Waals surface area (Å²) in [5.41, 5.74) is 2.54. The minimum atomic E-state index is 0.966. The maximum absolute atomic E-state index is 4.46. The molecule has 0 saturated heterocycles. The number of nitrogens with zero attached hydrogens (tertiary/aromatic N) is 1. The van der Waals surface area contributed by atoms with Gasteiger partial charge in [0.25, 0.3) is 0 Å². The lowest BCUT2D eigenvalue weighted by molar-refractivity contribution is 1.02. The van der Waals surface area contributed by atoms with Crippen LogP contribution in [-0.2, 0) is 6.42 Å². The third-order valence-corrected chi connectivity index (χ3v) is 4.74. The van der Waals surface area contributed by atoms with E-state index in [0.29, 0.717) is 0 Å². The first-order valence-corrected chi connectivity index (χ1v) is 7.07. The van der Waals surface area contributed by atoms with Crippen molar-refractivity contribution in [3.8, 4) is 0 Å². The van der Waals surface area contributed by atoms with Crippen LogP contribution in [0.5, 0.6) is 0 Å². The van der Waals surface area contributed by atoms with Gasteiger partial charge in [-0.25, -0.2) is 4.98 Å². The summed E-state index contributed by atoms with van der Waals surface area (Å²) in [6.45, 7) is 7.30. The van der Waals surface area contributed by atoms with E-state index in [1.54, 1.807) is 11.3 Å². The van der Waals surface area contributed by atoms with E-state index in [1.165, 1.54) is 15.3 Å². The van der Waals surface area contributed by atoms with Crippen LogP contribution < -0.4 is 5.32 Å². The second kappa shape index (κ2) is 4.97. The van der Waals surface area contributed by atoms with E-state index in [-0.39, 0.29) is 0 Å². The molecule has 0 aromatic carbocycles. The molecule has 0 unspecified atom stereocenters. The van der Waals surface area contributed by atoms with Gasteiger partial charge in [0, 0.05) is 16.3 Å². The van der Waals surface area contributed by atoms with Crippen LogP contribution in [0, 0.1) is 20.8 Å². The lowest BCUT2D eigenvalue weighted by Crippen LogP contribution is -2.04. The van der Waals surface area contributed by atoms with Gasteiger partial charge in [-0.3, -0.25) is 0 Å². The van der Waals surface area contributed by atoms with Crippen LogP contribution >= 0.6 is 22.7 Å². The fraction of sp³-hybridized carbons (Fsp3) is 0.417. The molecule has 2 rings (SSSR count). The lowest BCUT2D eigenvalue weighted by atomic mass is 10.2. The number of thiophene rings is 1. The number of rotatable bonds is 4. The highest BCUT2D eigenvalue weighted by atomic mass is 32.1. The van der Waals surface area contributed by atoms with Gasteiger partial charge in [0.1, 0.15) is 0 Å². The Balaban J connectivity index is 1.87. The highest BCUT2D eigenvalue weighted by Crippen LogP contribution is 2.21. The number of hydrogen-bond donors (Lipinski definition) is 1. The van der Waals surface area contributed by atoms with E-state index in [0.717, 1.165) is 23.8 Å². The monoisotopic (exact) mass is 252 g/mol. The van der Waals surface area contributed by atoms with Crippen LogP contribution in [0.1, 0.15) is 21.0 Å². The van der Waals surface area contributed by atoms with Crippen molar-refractivity contribution in [2.75, 3.05) is 11.9 Å². The maximum atomic E-state index is 4.46. The third-order valence-electron chi connectivity index (χ3n) is 2.62. The Morgan fingerprint density at radius 2 is 2.12 bits per heavy atom. The molecule has 0 aliphatic heterocycles. The molecule has 0 amide bonds. The average Bonchev–Trinajstić information content (AvgIpc) is 2.76.